The quantitative estimate of drug-likeness (QED) is 0.607. The Labute approximate surface area is 77.7 Å². The van der Waals surface area contributed by atoms with E-state index in [1.165, 1.54) is 0 Å². The molecule has 13 heavy (non-hydrogen) atoms. The Hall–Kier alpha value is -0.400. The minimum absolute atomic E-state index is 0.376. The van der Waals surface area contributed by atoms with E-state index in [0.717, 1.165) is 19.3 Å². The van der Waals surface area contributed by atoms with Gasteiger partial charge >= 0.3 is 0 Å². The first-order valence-corrected chi connectivity index (χ1v) is 5.21. The van der Waals surface area contributed by atoms with E-state index in [2.05, 4.69) is 6.29 Å². The molecule has 0 spiro atoms. The van der Waals surface area contributed by atoms with Gasteiger partial charge in [0.05, 0.1) is 0 Å². The Bertz CT molecular complexity index is 247. The van der Waals surface area contributed by atoms with Gasteiger partial charge in [-0.25, -0.2) is 4.39 Å². The zero-order valence-electron chi connectivity index (χ0n) is 7.68. The zero-order chi connectivity index (χ0) is 9.10. The number of alkyl halides is 1. The molecule has 2 unspecified atom stereocenters. The second-order valence-electron chi connectivity index (χ2n) is 5.49. The summed E-state index contributed by atoms with van der Waals surface area (Å²) < 4.78 is 14.1. The SMILES string of the molecule is O=[C]C12CC3CC(CC(F)(C3)C1)C2. The lowest BCUT2D eigenvalue weighted by Gasteiger charge is -2.56. The summed E-state index contributed by atoms with van der Waals surface area (Å²) in [4.78, 5) is 10.9. The van der Waals surface area contributed by atoms with E-state index in [4.69, 9.17) is 0 Å². The van der Waals surface area contributed by atoms with Crippen LogP contribution in [0.4, 0.5) is 4.39 Å². The number of halogens is 1. The third-order valence-corrected chi connectivity index (χ3v) is 4.21. The molecular weight excluding hydrogens is 167 g/mol. The standard InChI is InChI=1S/C11H14FO/c12-11-4-8-1-9(5-11)3-10(2-8,6-11)7-13/h8-9H,1-6H2. The van der Waals surface area contributed by atoms with Crippen LogP contribution in [0.1, 0.15) is 38.5 Å². The highest BCUT2D eigenvalue weighted by atomic mass is 19.1. The molecule has 4 aliphatic rings. The van der Waals surface area contributed by atoms with Crippen LogP contribution in [0.3, 0.4) is 0 Å². The highest BCUT2D eigenvalue weighted by molar-refractivity contribution is 5.61. The smallest absolute Gasteiger partial charge is 0.205 e. The lowest BCUT2D eigenvalue weighted by Crippen LogP contribution is -2.54. The third-order valence-electron chi connectivity index (χ3n) is 4.21. The van der Waals surface area contributed by atoms with Gasteiger partial charge in [-0.15, -0.1) is 0 Å². The third kappa shape index (κ3) is 1.01. The molecule has 71 valence electrons. The highest BCUT2D eigenvalue weighted by Gasteiger charge is 2.58. The molecule has 4 bridgehead atoms. The minimum Gasteiger partial charge on any atom is -0.290 e. The maximum absolute atomic E-state index is 14.1. The first-order valence-electron chi connectivity index (χ1n) is 5.21. The Balaban J connectivity index is 2.00. The normalized spacial score (nSPS) is 58.2. The van der Waals surface area contributed by atoms with Crippen molar-refractivity contribution in [1.29, 1.82) is 0 Å². The summed E-state index contributed by atoms with van der Waals surface area (Å²) in [5, 5.41) is 0. The van der Waals surface area contributed by atoms with Gasteiger partial charge in [-0.1, -0.05) is 0 Å². The summed E-state index contributed by atoms with van der Waals surface area (Å²) in [6.45, 7) is 0. The predicted octanol–water partition coefficient (Wildman–Crippen LogP) is 2.40. The van der Waals surface area contributed by atoms with Crippen LogP contribution >= 0.6 is 0 Å². The van der Waals surface area contributed by atoms with Gasteiger partial charge in [0, 0.05) is 5.41 Å². The van der Waals surface area contributed by atoms with Gasteiger partial charge in [-0.05, 0) is 50.4 Å². The monoisotopic (exact) mass is 181 g/mol. The minimum atomic E-state index is -0.999. The van der Waals surface area contributed by atoms with Crippen LogP contribution in [-0.4, -0.2) is 12.0 Å². The largest absolute Gasteiger partial charge is 0.290 e. The fourth-order valence-corrected chi connectivity index (χ4v) is 4.27. The summed E-state index contributed by atoms with van der Waals surface area (Å²) in [5.74, 6) is 0.959. The van der Waals surface area contributed by atoms with Crippen LogP contribution in [0, 0.1) is 17.3 Å². The van der Waals surface area contributed by atoms with Gasteiger partial charge in [-0.2, -0.15) is 0 Å². The van der Waals surface area contributed by atoms with Crippen molar-refractivity contribution in [2.24, 2.45) is 17.3 Å². The van der Waals surface area contributed by atoms with Gasteiger partial charge in [0.15, 0.2) is 0 Å². The second-order valence-corrected chi connectivity index (χ2v) is 5.49. The average molecular weight is 181 g/mol. The van der Waals surface area contributed by atoms with Crippen molar-refractivity contribution in [3.05, 3.63) is 0 Å². The summed E-state index contributed by atoms with van der Waals surface area (Å²) in [6, 6.07) is 0. The number of hydrogen-bond acceptors (Lipinski definition) is 1. The lowest BCUT2D eigenvalue weighted by molar-refractivity contribution is -0.0953. The van der Waals surface area contributed by atoms with Crippen LogP contribution in [0.15, 0.2) is 0 Å². The van der Waals surface area contributed by atoms with Gasteiger partial charge in [-0.3, -0.25) is 4.79 Å². The van der Waals surface area contributed by atoms with Crippen LogP contribution < -0.4 is 0 Å². The molecule has 4 saturated carbocycles. The summed E-state index contributed by atoms with van der Waals surface area (Å²) in [6.07, 6.45) is 7.04. The maximum atomic E-state index is 14.1. The number of hydrogen-bond donors (Lipinski definition) is 0. The Morgan fingerprint density at radius 2 is 1.77 bits per heavy atom. The Morgan fingerprint density at radius 1 is 1.15 bits per heavy atom. The molecule has 1 nitrogen and oxygen atoms in total. The molecule has 0 amide bonds. The van der Waals surface area contributed by atoms with Gasteiger partial charge in [0.1, 0.15) is 5.67 Å². The van der Waals surface area contributed by atoms with Crippen LogP contribution in [0.5, 0.6) is 0 Å². The molecule has 0 aliphatic heterocycles. The van der Waals surface area contributed by atoms with E-state index < -0.39 is 5.67 Å². The van der Waals surface area contributed by atoms with Crippen LogP contribution in [0.25, 0.3) is 0 Å². The predicted molar refractivity (Wildman–Crippen MR) is 46.6 cm³/mol. The van der Waals surface area contributed by atoms with E-state index in [-0.39, 0.29) is 5.41 Å². The van der Waals surface area contributed by atoms with E-state index in [1.807, 2.05) is 0 Å². The molecule has 2 atom stereocenters. The van der Waals surface area contributed by atoms with Crippen molar-refractivity contribution in [2.45, 2.75) is 44.2 Å². The number of carbonyl (C=O) groups excluding carboxylic acids is 1. The first kappa shape index (κ1) is 7.95. The Kier molecular flexibility index (Phi) is 1.32. The second kappa shape index (κ2) is 2.15. The van der Waals surface area contributed by atoms with Crippen molar-refractivity contribution in [2.75, 3.05) is 0 Å². The van der Waals surface area contributed by atoms with Crippen molar-refractivity contribution < 1.29 is 9.18 Å². The Morgan fingerprint density at radius 3 is 2.23 bits per heavy atom. The van der Waals surface area contributed by atoms with E-state index >= 15 is 0 Å². The molecule has 4 rings (SSSR count). The van der Waals surface area contributed by atoms with Crippen molar-refractivity contribution in [3.63, 3.8) is 0 Å². The fraction of sp³-hybridized carbons (Fsp3) is 0.909. The summed E-state index contributed by atoms with van der Waals surface area (Å²) in [5.41, 5.74) is -1.37. The maximum Gasteiger partial charge on any atom is 0.205 e. The van der Waals surface area contributed by atoms with E-state index in [1.54, 1.807) is 0 Å². The molecule has 0 saturated heterocycles. The fourth-order valence-electron chi connectivity index (χ4n) is 4.27. The van der Waals surface area contributed by atoms with Crippen LogP contribution in [-0.2, 0) is 4.79 Å². The van der Waals surface area contributed by atoms with Crippen molar-refractivity contribution in [1.82, 2.24) is 0 Å². The molecular formula is C11H14FO. The molecule has 0 aromatic rings. The molecule has 0 heterocycles. The molecule has 0 aromatic carbocycles. The van der Waals surface area contributed by atoms with Gasteiger partial charge in [0.2, 0.25) is 6.29 Å². The topological polar surface area (TPSA) is 17.1 Å². The summed E-state index contributed by atoms with van der Waals surface area (Å²) in [7, 11) is 0. The molecule has 4 fully saturated rings. The van der Waals surface area contributed by atoms with Crippen LogP contribution in [0.2, 0.25) is 0 Å². The van der Waals surface area contributed by atoms with Gasteiger partial charge < -0.3 is 0 Å². The van der Waals surface area contributed by atoms with E-state index in [9.17, 15) is 9.18 Å². The van der Waals surface area contributed by atoms with E-state index in [0.29, 0.717) is 31.1 Å². The molecule has 4 aliphatic carbocycles. The number of rotatable bonds is 1. The average Bonchev–Trinajstić information content (AvgIpc) is 1.99. The molecule has 2 heteroatoms. The van der Waals surface area contributed by atoms with Gasteiger partial charge in [0.25, 0.3) is 0 Å². The summed E-state index contributed by atoms with van der Waals surface area (Å²) >= 11 is 0. The van der Waals surface area contributed by atoms with Crippen molar-refractivity contribution in [3.8, 4) is 0 Å². The molecule has 0 aromatic heterocycles. The molecule has 0 N–H and O–H groups in total. The van der Waals surface area contributed by atoms with Crippen molar-refractivity contribution >= 4 is 6.29 Å². The highest BCUT2D eigenvalue weighted by Crippen LogP contribution is 2.62. The molecule has 1 radical (unpaired) electrons. The first-order chi connectivity index (χ1) is 6.13. The zero-order valence-corrected chi connectivity index (χ0v) is 7.68. The lowest BCUT2D eigenvalue weighted by atomic mass is 9.49.